The third-order valence-corrected chi connectivity index (χ3v) is 2.96. The Morgan fingerprint density at radius 3 is 2.43 bits per heavy atom. The van der Waals surface area contributed by atoms with E-state index in [2.05, 4.69) is 12.1 Å². The van der Waals surface area contributed by atoms with Gasteiger partial charge in [0.2, 0.25) is 0 Å². The van der Waals surface area contributed by atoms with Crippen molar-refractivity contribution < 1.29 is 4.74 Å². The van der Waals surface area contributed by atoms with Crippen molar-refractivity contribution in [2.24, 2.45) is 5.73 Å². The molecule has 2 rings (SSSR count). The molecule has 0 atom stereocenters. The second-order valence-electron chi connectivity index (χ2n) is 3.84. The zero-order valence-electron chi connectivity index (χ0n) is 8.68. The first-order valence-corrected chi connectivity index (χ1v) is 5.24. The summed E-state index contributed by atoms with van der Waals surface area (Å²) < 4.78 is 5.32. The van der Waals surface area contributed by atoms with Crippen molar-refractivity contribution in [1.82, 2.24) is 0 Å². The quantitative estimate of drug-likeness (QED) is 0.776. The molecule has 0 radical (unpaired) electrons. The normalized spacial score (nSPS) is 15.0. The number of nitrogens with two attached hydrogens (primary N) is 1. The zero-order chi connectivity index (χ0) is 9.97. The molecular formula is C12H17NO. The van der Waals surface area contributed by atoms with Crippen LogP contribution in [0.4, 0.5) is 0 Å². The number of hydrogen-bond acceptors (Lipinski definition) is 2. The van der Waals surface area contributed by atoms with E-state index < -0.39 is 0 Å². The highest BCUT2D eigenvalue weighted by molar-refractivity contribution is 5.43. The average Bonchev–Trinajstić information content (AvgIpc) is 2.27. The summed E-state index contributed by atoms with van der Waals surface area (Å²) in [6, 6.07) is 4.38. The molecule has 0 saturated carbocycles. The fourth-order valence-electron chi connectivity index (χ4n) is 2.16. The molecule has 1 aromatic rings. The lowest BCUT2D eigenvalue weighted by molar-refractivity contribution is 0.408. The van der Waals surface area contributed by atoms with Crippen LogP contribution in [0.5, 0.6) is 5.75 Å². The van der Waals surface area contributed by atoms with Crippen LogP contribution < -0.4 is 10.5 Å². The van der Waals surface area contributed by atoms with Gasteiger partial charge in [-0.3, -0.25) is 0 Å². The number of methoxy groups -OCH3 is 1. The Balaban J connectivity index is 2.43. The Bertz CT molecular complexity index is 289. The van der Waals surface area contributed by atoms with Crippen LogP contribution in [0.1, 0.15) is 29.5 Å². The molecule has 0 aliphatic heterocycles. The molecule has 2 nitrogen and oxygen atoms in total. The molecule has 1 aliphatic rings. The monoisotopic (exact) mass is 191 g/mol. The SMILES string of the molecule is COc1cc2c(cc1CN)CCCC2. The van der Waals surface area contributed by atoms with E-state index in [0.29, 0.717) is 6.54 Å². The van der Waals surface area contributed by atoms with Crippen LogP contribution in [0.15, 0.2) is 12.1 Å². The average molecular weight is 191 g/mol. The largest absolute Gasteiger partial charge is 0.496 e. The van der Waals surface area contributed by atoms with Gasteiger partial charge < -0.3 is 10.5 Å². The van der Waals surface area contributed by atoms with Gasteiger partial charge in [-0.05, 0) is 42.9 Å². The van der Waals surface area contributed by atoms with Gasteiger partial charge in [0.05, 0.1) is 7.11 Å². The lowest BCUT2D eigenvalue weighted by atomic mass is 9.90. The summed E-state index contributed by atoms with van der Waals surface area (Å²) in [4.78, 5) is 0. The summed E-state index contributed by atoms with van der Waals surface area (Å²) in [5.74, 6) is 0.952. The Kier molecular flexibility index (Phi) is 2.73. The number of aryl methyl sites for hydroxylation is 2. The molecule has 1 aliphatic carbocycles. The smallest absolute Gasteiger partial charge is 0.123 e. The van der Waals surface area contributed by atoms with Gasteiger partial charge in [0.1, 0.15) is 5.75 Å². The highest BCUT2D eigenvalue weighted by Crippen LogP contribution is 2.28. The molecule has 2 heteroatoms. The fraction of sp³-hybridized carbons (Fsp3) is 0.500. The lowest BCUT2D eigenvalue weighted by Crippen LogP contribution is -2.07. The zero-order valence-corrected chi connectivity index (χ0v) is 8.68. The number of ether oxygens (including phenoxy) is 1. The summed E-state index contributed by atoms with van der Waals surface area (Å²) in [6.07, 6.45) is 5.00. The van der Waals surface area contributed by atoms with Crippen LogP contribution in [0.25, 0.3) is 0 Å². The summed E-state index contributed by atoms with van der Waals surface area (Å²) in [7, 11) is 1.71. The first-order chi connectivity index (χ1) is 6.85. The van der Waals surface area contributed by atoms with Crippen LogP contribution in [-0.4, -0.2) is 7.11 Å². The summed E-state index contributed by atoms with van der Waals surface area (Å²) >= 11 is 0. The first kappa shape index (κ1) is 9.53. The molecule has 0 fully saturated rings. The standard InChI is InChI=1S/C12H17NO/c1-14-12-7-10-5-3-2-4-9(10)6-11(12)8-13/h6-7H,2-5,8,13H2,1H3. The highest BCUT2D eigenvalue weighted by Gasteiger charge is 2.12. The third-order valence-electron chi connectivity index (χ3n) is 2.96. The predicted octanol–water partition coefficient (Wildman–Crippen LogP) is 2.03. The van der Waals surface area contributed by atoms with E-state index in [9.17, 15) is 0 Å². The molecule has 0 unspecified atom stereocenters. The van der Waals surface area contributed by atoms with Crippen molar-refractivity contribution >= 4 is 0 Å². The van der Waals surface area contributed by atoms with Crippen LogP contribution >= 0.6 is 0 Å². The van der Waals surface area contributed by atoms with Crippen molar-refractivity contribution in [2.45, 2.75) is 32.2 Å². The van der Waals surface area contributed by atoms with E-state index >= 15 is 0 Å². The summed E-state index contributed by atoms with van der Waals surface area (Å²) in [6.45, 7) is 0.566. The van der Waals surface area contributed by atoms with E-state index in [1.165, 1.54) is 36.8 Å². The third kappa shape index (κ3) is 1.62. The lowest BCUT2D eigenvalue weighted by Gasteiger charge is -2.18. The minimum Gasteiger partial charge on any atom is -0.496 e. The second-order valence-corrected chi connectivity index (χ2v) is 3.84. The molecule has 0 bridgehead atoms. The van der Waals surface area contributed by atoms with Crippen molar-refractivity contribution in [3.63, 3.8) is 0 Å². The highest BCUT2D eigenvalue weighted by atomic mass is 16.5. The van der Waals surface area contributed by atoms with Gasteiger partial charge in [-0.25, -0.2) is 0 Å². The van der Waals surface area contributed by atoms with Gasteiger partial charge in [0.25, 0.3) is 0 Å². The molecule has 0 amide bonds. The Morgan fingerprint density at radius 2 is 1.86 bits per heavy atom. The van der Waals surface area contributed by atoms with E-state index in [4.69, 9.17) is 10.5 Å². The van der Waals surface area contributed by atoms with E-state index in [0.717, 1.165) is 11.3 Å². The first-order valence-electron chi connectivity index (χ1n) is 5.24. The maximum atomic E-state index is 5.68. The van der Waals surface area contributed by atoms with Gasteiger partial charge in [-0.1, -0.05) is 6.07 Å². The minimum absolute atomic E-state index is 0.566. The van der Waals surface area contributed by atoms with E-state index in [1.54, 1.807) is 7.11 Å². The summed E-state index contributed by atoms with van der Waals surface area (Å²) in [5.41, 5.74) is 9.73. The molecule has 0 saturated heterocycles. The number of benzene rings is 1. The van der Waals surface area contributed by atoms with Gasteiger partial charge in [-0.2, -0.15) is 0 Å². The molecule has 0 aromatic heterocycles. The van der Waals surface area contributed by atoms with Crippen LogP contribution in [0.3, 0.4) is 0 Å². The molecule has 2 N–H and O–H groups in total. The summed E-state index contributed by atoms with van der Waals surface area (Å²) in [5, 5.41) is 0. The Labute approximate surface area is 85.1 Å². The van der Waals surface area contributed by atoms with Crippen molar-refractivity contribution in [3.05, 3.63) is 28.8 Å². The fourth-order valence-corrected chi connectivity index (χ4v) is 2.16. The maximum absolute atomic E-state index is 5.68. The molecule has 0 spiro atoms. The van der Waals surface area contributed by atoms with Gasteiger partial charge in [0, 0.05) is 12.1 Å². The predicted molar refractivity (Wildman–Crippen MR) is 57.5 cm³/mol. The molecule has 0 heterocycles. The molecule has 14 heavy (non-hydrogen) atoms. The van der Waals surface area contributed by atoms with Crippen molar-refractivity contribution in [1.29, 1.82) is 0 Å². The minimum atomic E-state index is 0.566. The Hall–Kier alpha value is -1.02. The topological polar surface area (TPSA) is 35.2 Å². The number of rotatable bonds is 2. The maximum Gasteiger partial charge on any atom is 0.123 e. The van der Waals surface area contributed by atoms with E-state index in [1.807, 2.05) is 0 Å². The molecular weight excluding hydrogens is 174 g/mol. The molecule has 1 aromatic carbocycles. The number of fused-ring (bicyclic) bond motifs is 1. The van der Waals surface area contributed by atoms with Gasteiger partial charge in [-0.15, -0.1) is 0 Å². The van der Waals surface area contributed by atoms with Gasteiger partial charge in [0.15, 0.2) is 0 Å². The second kappa shape index (κ2) is 4.01. The van der Waals surface area contributed by atoms with Crippen LogP contribution in [0, 0.1) is 0 Å². The van der Waals surface area contributed by atoms with Crippen LogP contribution in [-0.2, 0) is 19.4 Å². The molecule has 76 valence electrons. The number of hydrogen-bond donors (Lipinski definition) is 1. The van der Waals surface area contributed by atoms with Crippen molar-refractivity contribution in [2.75, 3.05) is 7.11 Å². The van der Waals surface area contributed by atoms with Crippen LogP contribution in [0.2, 0.25) is 0 Å². The van der Waals surface area contributed by atoms with Gasteiger partial charge >= 0.3 is 0 Å². The van der Waals surface area contributed by atoms with E-state index in [-0.39, 0.29) is 0 Å². The Morgan fingerprint density at radius 1 is 1.21 bits per heavy atom. The van der Waals surface area contributed by atoms with Crippen molar-refractivity contribution in [3.8, 4) is 5.75 Å².